The van der Waals surface area contributed by atoms with Gasteiger partial charge in [0, 0.05) is 19.6 Å². The first-order chi connectivity index (χ1) is 8.78. The van der Waals surface area contributed by atoms with Gasteiger partial charge in [0.1, 0.15) is 5.54 Å². The Bertz CT molecular complexity index is 456. The lowest BCUT2D eigenvalue weighted by atomic mass is 10.0. The van der Waals surface area contributed by atoms with Crippen molar-refractivity contribution in [2.45, 2.75) is 45.1 Å². The summed E-state index contributed by atoms with van der Waals surface area (Å²) in [6.07, 6.45) is 2.67. The van der Waals surface area contributed by atoms with Crippen LogP contribution in [0.3, 0.4) is 0 Å². The van der Waals surface area contributed by atoms with Gasteiger partial charge in [-0.25, -0.2) is 0 Å². The van der Waals surface area contributed by atoms with Crippen LogP contribution in [0.1, 0.15) is 39.5 Å². The lowest BCUT2D eigenvalue weighted by Crippen LogP contribution is -2.56. The molecule has 2 rings (SSSR count). The maximum Gasteiger partial charge on any atom is 0.324 e. The fraction of sp³-hybridized carbons (Fsp3) is 0.917. The van der Waals surface area contributed by atoms with E-state index < -0.39 is 21.7 Å². The average molecular weight is 290 g/mol. The normalized spacial score (nSPS) is 31.7. The average Bonchev–Trinajstić information content (AvgIpc) is 2.74. The van der Waals surface area contributed by atoms with Crippen molar-refractivity contribution in [3.63, 3.8) is 0 Å². The molecule has 0 amide bonds. The molecule has 2 aliphatic heterocycles. The molecule has 1 atom stereocenters. The minimum Gasteiger partial charge on any atom is -0.480 e. The SMILES string of the molecule is CC1CCN(S(=O)(=O)N2CCCC2(C)C(=O)O)CC1. The summed E-state index contributed by atoms with van der Waals surface area (Å²) in [5, 5.41) is 9.32. The highest BCUT2D eigenvalue weighted by Gasteiger charge is 2.51. The number of carbonyl (C=O) groups is 1. The van der Waals surface area contributed by atoms with Gasteiger partial charge in [0.05, 0.1) is 0 Å². The zero-order chi connectivity index (χ0) is 14.3. The van der Waals surface area contributed by atoms with Crippen molar-refractivity contribution >= 4 is 16.2 Å². The van der Waals surface area contributed by atoms with Gasteiger partial charge in [-0.15, -0.1) is 0 Å². The van der Waals surface area contributed by atoms with E-state index in [1.165, 1.54) is 15.5 Å². The van der Waals surface area contributed by atoms with Gasteiger partial charge >= 0.3 is 5.97 Å². The van der Waals surface area contributed by atoms with E-state index in [2.05, 4.69) is 6.92 Å². The summed E-state index contributed by atoms with van der Waals surface area (Å²) in [6.45, 7) is 4.91. The standard InChI is InChI=1S/C12H22N2O4S/c1-10-4-8-13(9-5-10)19(17,18)14-7-3-6-12(14,2)11(15)16/h10H,3-9H2,1-2H3,(H,15,16). The first kappa shape index (κ1) is 14.7. The summed E-state index contributed by atoms with van der Waals surface area (Å²) in [4.78, 5) is 11.4. The van der Waals surface area contributed by atoms with Crippen LogP contribution in [-0.2, 0) is 15.0 Å². The molecule has 0 saturated carbocycles. The van der Waals surface area contributed by atoms with Gasteiger partial charge in [-0.2, -0.15) is 17.0 Å². The Balaban J connectivity index is 2.22. The van der Waals surface area contributed by atoms with Crippen molar-refractivity contribution in [2.24, 2.45) is 5.92 Å². The van der Waals surface area contributed by atoms with E-state index in [1.54, 1.807) is 0 Å². The number of nitrogens with zero attached hydrogens (tertiary/aromatic N) is 2. The predicted octanol–water partition coefficient (Wildman–Crippen LogP) is 0.902. The van der Waals surface area contributed by atoms with E-state index in [0.717, 1.165) is 12.8 Å². The van der Waals surface area contributed by atoms with Crippen LogP contribution in [0.4, 0.5) is 0 Å². The molecule has 0 aromatic rings. The monoisotopic (exact) mass is 290 g/mol. The molecule has 0 bridgehead atoms. The molecule has 6 nitrogen and oxygen atoms in total. The second-order valence-corrected chi connectivity index (χ2v) is 7.70. The molecule has 1 unspecified atom stereocenters. The summed E-state index contributed by atoms with van der Waals surface area (Å²) in [7, 11) is -3.65. The van der Waals surface area contributed by atoms with Crippen molar-refractivity contribution < 1.29 is 18.3 Å². The molecule has 2 aliphatic rings. The molecule has 0 aromatic carbocycles. The van der Waals surface area contributed by atoms with Crippen LogP contribution in [0, 0.1) is 5.92 Å². The molecule has 2 fully saturated rings. The van der Waals surface area contributed by atoms with Crippen molar-refractivity contribution in [2.75, 3.05) is 19.6 Å². The molecular weight excluding hydrogens is 268 g/mol. The zero-order valence-corrected chi connectivity index (χ0v) is 12.3. The Hall–Kier alpha value is -0.660. The molecule has 0 radical (unpaired) electrons. The predicted molar refractivity (Wildman–Crippen MR) is 70.9 cm³/mol. The molecule has 0 aliphatic carbocycles. The Morgan fingerprint density at radius 2 is 1.84 bits per heavy atom. The van der Waals surface area contributed by atoms with Crippen LogP contribution in [-0.4, -0.2) is 53.3 Å². The van der Waals surface area contributed by atoms with Crippen LogP contribution in [0.5, 0.6) is 0 Å². The molecule has 110 valence electrons. The lowest BCUT2D eigenvalue weighted by Gasteiger charge is -2.37. The van der Waals surface area contributed by atoms with E-state index in [0.29, 0.717) is 38.4 Å². The second kappa shape index (κ2) is 5.03. The van der Waals surface area contributed by atoms with Gasteiger partial charge in [0.15, 0.2) is 0 Å². The fourth-order valence-corrected chi connectivity index (χ4v) is 4.87. The largest absolute Gasteiger partial charge is 0.480 e. The van der Waals surface area contributed by atoms with Crippen LogP contribution < -0.4 is 0 Å². The number of rotatable bonds is 3. The number of aliphatic carboxylic acids is 1. The summed E-state index contributed by atoms with van der Waals surface area (Å²) in [6, 6.07) is 0. The second-order valence-electron chi connectivity index (χ2n) is 5.84. The zero-order valence-electron chi connectivity index (χ0n) is 11.5. The highest BCUT2D eigenvalue weighted by Crippen LogP contribution is 2.34. The fourth-order valence-electron chi connectivity index (χ4n) is 2.88. The Labute approximate surface area is 114 Å². The summed E-state index contributed by atoms with van der Waals surface area (Å²) >= 11 is 0. The van der Waals surface area contributed by atoms with Gasteiger partial charge in [0.2, 0.25) is 0 Å². The molecule has 0 spiro atoms. The third-order valence-electron chi connectivity index (χ3n) is 4.38. The number of carboxylic acids is 1. The van der Waals surface area contributed by atoms with E-state index in [4.69, 9.17) is 0 Å². The number of hydrogen-bond donors (Lipinski definition) is 1. The van der Waals surface area contributed by atoms with E-state index >= 15 is 0 Å². The number of piperidine rings is 1. The van der Waals surface area contributed by atoms with Crippen LogP contribution in [0.15, 0.2) is 0 Å². The third kappa shape index (κ3) is 2.51. The van der Waals surface area contributed by atoms with Gasteiger partial charge in [-0.05, 0) is 38.5 Å². The third-order valence-corrected chi connectivity index (χ3v) is 6.54. The molecule has 2 heterocycles. The molecule has 2 saturated heterocycles. The first-order valence-electron chi connectivity index (χ1n) is 6.80. The quantitative estimate of drug-likeness (QED) is 0.838. The summed E-state index contributed by atoms with van der Waals surface area (Å²) in [5.74, 6) is -0.519. The van der Waals surface area contributed by atoms with E-state index in [1.807, 2.05) is 0 Å². The minimum absolute atomic E-state index is 0.303. The van der Waals surface area contributed by atoms with E-state index in [-0.39, 0.29) is 0 Å². The topological polar surface area (TPSA) is 77.9 Å². The lowest BCUT2D eigenvalue weighted by molar-refractivity contribution is -0.146. The number of hydrogen-bond acceptors (Lipinski definition) is 3. The highest BCUT2D eigenvalue weighted by molar-refractivity contribution is 7.86. The number of carboxylic acid groups (broad SMARTS) is 1. The Morgan fingerprint density at radius 1 is 1.26 bits per heavy atom. The smallest absolute Gasteiger partial charge is 0.324 e. The van der Waals surface area contributed by atoms with E-state index in [9.17, 15) is 18.3 Å². The van der Waals surface area contributed by atoms with Gasteiger partial charge in [-0.3, -0.25) is 4.79 Å². The molecule has 1 N–H and O–H groups in total. The summed E-state index contributed by atoms with van der Waals surface area (Å²) in [5.41, 5.74) is -1.29. The maximum absolute atomic E-state index is 12.6. The first-order valence-corrected chi connectivity index (χ1v) is 8.19. The molecular formula is C12H22N2O4S. The maximum atomic E-state index is 12.6. The van der Waals surface area contributed by atoms with Gasteiger partial charge in [0.25, 0.3) is 10.2 Å². The molecule has 7 heteroatoms. The molecule has 0 aromatic heterocycles. The Morgan fingerprint density at radius 3 is 2.37 bits per heavy atom. The van der Waals surface area contributed by atoms with Crippen molar-refractivity contribution in [1.82, 2.24) is 8.61 Å². The summed E-state index contributed by atoms with van der Waals surface area (Å²) < 4.78 is 27.8. The van der Waals surface area contributed by atoms with Gasteiger partial charge in [-0.1, -0.05) is 6.92 Å². The molecule has 19 heavy (non-hydrogen) atoms. The van der Waals surface area contributed by atoms with Crippen LogP contribution in [0.2, 0.25) is 0 Å². The van der Waals surface area contributed by atoms with Crippen LogP contribution in [0.25, 0.3) is 0 Å². The van der Waals surface area contributed by atoms with Crippen LogP contribution >= 0.6 is 0 Å². The Kier molecular flexibility index (Phi) is 3.90. The highest BCUT2D eigenvalue weighted by atomic mass is 32.2. The minimum atomic E-state index is -3.65. The van der Waals surface area contributed by atoms with Gasteiger partial charge < -0.3 is 5.11 Å². The van der Waals surface area contributed by atoms with Crippen molar-refractivity contribution in [1.29, 1.82) is 0 Å². The van der Waals surface area contributed by atoms with Crippen molar-refractivity contribution in [3.8, 4) is 0 Å². The van der Waals surface area contributed by atoms with Crippen molar-refractivity contribution in [3.05, 3.63) is 0 Å².